The Hall–Kier alpha value is -4.74. The van der Waals surface area contributed by atoms with E-state index in [1.54, 1.807) is 28.0 Å². The van der Waals surface area contributed by atoms with Crippen molar-refractivity contribution in [2.24, 2.45) is 5.73 Å². The summed E-state index contributed by atoms with van der Waals surface area (Å²) in [6, 6.07) is 4.49. The van der Waals surface area contributed by atoms with Crippen LogP contribution in [0.25, 0.3) is 16.9 Å². The van der Waals surface area contributed by atoms with E-state index in [-0.39, 0.29) is 58.1 Å². The summed E-state index contributed by atoms with van der Waals surface area (Å²) in [6.45, 7) is 1.95. The van der Waals surface area contributed by atoms with Crippen LogP contribution in [-0.2, 0) is 15.8 Å². The molecule has 6 rings (SSSR count). The highest BCUT2D eigenvalue weighted by molar-refractivity contribution is 6.34. The van der Waals surface area contributed by atoms with Crippen LogP contribution in [-0.4, -0.2) is 103 Å². The van der Waals surface area contributed by atoms with Gasteiger partial charge < -0.3 is 31.3 Å². The van der Waals surface area contributed by atoms with Crippen LogP contribution >= 0.6 is 11.6 Å². The predicted molar refractivity (Wildman–Crippen MR) is 156 cm³/mol. The van der Waals surface area contributed by atoms with Crippen LogP contribution in [0.3, 0.4) is 0 Å². The first-order chi connectivity index (χ1) is 21.5. The van der Waals surface area contributed by atoms with E-state index in [1.165, 1.54) is 23.0 Å². The molecule has 0 radical (unpaired) electrons. The van der Waals surface area contributed by atoms with E-state index in [0.29, 0.717) is 50.4 Å². The summed E-state index contributed by atoms with van der Waals surface area (Å²) < 4.78 is 41.7. The third-order valence-electron chi connectivity index (χ3n) is 7.43. The second-order valence-electron chi connectivity index (χ2n) is 10.3. The van der Waals surface area contributed by atoms with Gasteiger partial charge in [-0.3, -0.25) is 23.9 Å². The maximum absolute atomic E-state index is 13.4. The summed E-state index contributed by atoms with van der Waals surface area (Å²) in [4.78, 5) is 46.3. The molecule has 3 aromatic heterocycles. The van der Waals surface area contributed by atoms with E-state index in [0.717, 1.165) is 6.20 Å². The lowest BCUT2D eigenvalue weighted by Crippen LogP contribution is -2.54. The molecule has 0 unspecified atom stereocenters. The summed E-state index contributed by atoms with van der Waals surface area (Å²) >= 11 is 6.51. The number of carbonyl (C=O) groups is 3. The fourth-order valence-electron chi connectivity index (χ4n) is 5.28. The molecule has 0 saturated carbocycles. The Labute approximate surface area is 258 Å². The zero-order chi connectivity index (χ0) is 32.3. The van der Waals surface area contributed by atoms with Gasteiger partial charge in [-0.2, -0.15) is 18.3 Å². The molecule has 238 valence electrons. The van der Waals surface area contributed by atoms with E-state index in [2.05, 4.69) is 25.7 Å². The number of H-pyrrole nitrogens is 1. The first kappa shape index (κ1) is 31.7. The van der Waals surface area contributed by atoms with Gasteiger partial charge in [0.05, 0.1) is 40.3 Å². The number of piperazine rings is 1. The van der Waals surface area contributed by atoms with Crippen molar-refractivity contribution in [2.45, 2.75) is 24.7 Å². The summed E-state index contributed by atoms with van der Waals surface area (Å²) in [6.07, 6.45) is 1.31. The molecule has 14 nitrogen and oxygen atoms in total. The monoisotopic (exact) mass is 648 g/mol. The average Bonchev–Trinajstić information content (AvgIpc) is 3.77. The van der Waals surface area contributed by atoms with Gasteiger partial charge in [-0.05, 0) is 24.6 Å². The molecule has 0 spiro atoms. The Kier molecular flexibility index (Phi) is 9.21. The van der Waals surface area contributed by atoms with Crippen molar-refractivity contribution < 1.29 is 32.7 Å². The van der Waals surface area contributed by atoms with Crippen LogP contribution in [0.1, 0.15) is 22.5 Å². The molecule has 2 amide bonds. The molecule has 2 fully saturated rings. The second kappa shape index (κ2) is 13.1. The van der Waals surface area contributed by atoms with Crippen LogP contribution in [0.4, 0.5) is 24.7 Å². The predicted octanol–water partition coefficient (Wildman–Crippen LogP) is 2.21. The van der Waals surface area contributed by atoms with E-state index >= 15 is 0 Å². The normalized spacial score (nSPS) is 18.4. The lowest BCUT2D eigenvalue weighted by molar-refractivity contribution is -0.140. The van der Waals surface area contributed by atoms with Crippen molar-refractivity contribution >= 4 is 47.0 Å². The zero-order valence-electron chi connectivity index (χ0n) is 23.5. The molecular weight excluding hydrogens is 621 g/mol. The second-order valence-corrected chi connectivity index (χ2v) is 10.7. The summed E-state index contributed by atoms with van der Waals surface area (Å²) in [5.74, 6) is 0.0232. The molecular formula is C27H28ClF3N10O4. The minimum absolute atomic E-state index is 0.00212. The van der Waals surface area contributed by atoms with Gasteiger partial charge in [-0.15, -0.1) is 0 Å². The van der Waals surface area contributed by atoms with Crippen molar-refractivity contribution in [3.8, 4) is 11.3 Å². The van der Waals surface area contributed by atoms with Gasteiger partial charge in [0.1, 0.15) is 5.69 Å². The van der Waals surface area contributed by atoms with Crippen LogP contribution in [0, 0.1) is 0 Å². The largest absolute Gasteiger partial charge is 0.483 e. The minimum atomic E-state index is -4.62. The number of hydrogen-bond donors (Lipinski definition) is 5. The number of benzene rings is 1. The number of anilines is 2. The SMILES string of the molecule is N[C@@H]1CN[C@H](C(=O)N2CCN(C(=O)c3ccc(Nc4nccn5c(-c6cn[nH]c6C(F)(F)F)cnc45)cc3Cl)CC2)C1.O=CO. The Balaban J connectivity index is 0.00000128. The van der Waals surface area contributed by atoms with Gasteiger partial charge >= 0.3 is 6.18 Å². The number of nitrogens with two attached hydrogens (primary N) is 1. The van der Waals surface area contributed by atoms with Crippen molar-refractivity contribution in [1.82, 2.24) is 39.7 Å². The molecule has 2 aliphatic rings. The van der Waals surface area contributed by atoms with Crippen molar-refractivity contribution in [1.29, 1.82) is 0 Å². The zero-order valence-corrected chi connectivity index (χ0v) is 24.2. The highest BCUT2D eigenvalue weighted by Gasteiger charge is 2.37. The fraction of sp³-hybridized carbons (Fsp3) is 0.333. The van der Waals surface area contributed by atoms with Gasteiger partial charge in [0, 0.05) is 56.8 Å². The van der Waals surface area contributed by atoms with Crippen LogP contribution in [0.5, 0.6) is 0 Å². The highest BCUT2D eigenvalue weighted by atomic mass is 35.5. The Bertz CT molecular complexity index is 1700. The third-order valence-corrected chi connectivity index (χ3v) is 7.74. The smallest absolute Gasteiger partial charge is 0.433 e. The number of nitrogens with one attached hydrogen (secondary N) is 3. The van der Waals surface area contributed by atoms with Gasteiger partial charge in [-0.1, -0.05) is 11.6 Å². The number of amides is 2. The molecule has 1 aromatic carbocycles. The topological polar surface area (TPSA) is 187 Å². The maximum Gasteiger partial charge on any atom is 0.433 e. The quantitative estimate of drug-likeness (QED) is 0.201. The van der Waals surface area contributed by atoms with Gasteiger partial charge in [0.25, 0.3) is 12.4 Å². The van der Waals surface area contributed by atoms with Crippen molar-refractivity contribution in [3.63, 3.8) is 0 Å². The number of alkyl halides is 3. The molecule has 0 bridgehead atoms. The molecule has 2 saturated heterocycles. The number of aromatic nitrogens is 5. The lowest BCUT2D eigenvalue weighted by atomic mass is 10.1. The number of fused-ring (bicyclic) bond motifs is 1. The molecule has 0 aliphatic carbocycles. The molecule has 18 heteroatoms. The Morgan fingerprint density at radius 1 is 1.13 bits per heavy atom. The molecule has 2 aliphatic heterocycles. The van der Waals surface area contributed by atoms with Gasteiger partial charge in [0.15, 0.2) is 11.5 Å². The molecule has 2 atom stereocenters. The van der Waals surface area contributed by atoms with E-state index in [4.69, 9.17) is 27.2 Å². The summed E-state index contributed by atoms with van der Waals surface area (Å²) in [5, 5.41) is 18.9. The van der Waals surface area contributed by atoms with E-state index in [9.17, 15) is 22.8 Å². The lowest BCUT2D eigenvalue weighted by Gasteiger charge is -2.36. The number of hydrogen-bond acceptors (Lipinski definition) is 9. The highest BCUT2D eigenvalue weighted by Crippen LogP contribution is 2.36. The molecule has 4 aromatic rings. The standard InChI is InChI=1S/C26H26ClF3N10O2.CH2O2/c27-18-10-15(1-2-16(18)24(41)38-5-7-39(8-6-38)25(42)19-9-14(31)11-33-19)36-22-23-34-13-20(40(23)4-3-32-22)17-12-35-37-21(17)26(28,29)30;2-1-3/h1-4,10,12-14,19,33H,5-9,11,31H2,(H,32,36)(H,35,37);1H,(H,2,3)/t14-,19-;/m0./s1. The van der Waals surface area contributed by atoms with E-state index in [1.807, 2.05) is 5.10 Å². The number of imidazole rings is 1. The molecule has 5 heterocycles. The van der Waals surface area contributed by atoms with Crippen LogP contribution in [0.15, 0.2) is 43.0 Å². The van der Waals surface area contributed by atoms with Crippen LogP contribution in [0.2, 0.25) is 5.02 Å². The Morgan fingerprint density at radius 2 is 1.84 bits per heavy atom. The first-order valence-electron chi connectivity index (χ1n) is 13.7. The summed E-state index contributed by atoms with van der Waals surface area (Å²) in [5.41, 5.74) is 6.03. The molecule has 6 N–H and O–H groups in total. The van der Waals surface area contributed by atoms with Crippen LogP contribution < -0.4 is 16.4 Å². The maximum atomic E-state index is 13.4. The minimum Gasteiger partial charge on any atom is -0.483 e. The number of nitrogens with zero attached hydrogens (tertiary/aromatic N) is 6. The number of aromatic amines is 1. The van der Waals surface area contributed by atoms with Gasteiger partial charge in [0.2, 0.25) is 5.91 Å². The number of rotatable bonds is 5. The number of halogens is 4. The number of carboxylic acid groups (broad SMARTS) is 1. The number of carbonyl (C=O) groups excluding carboxylic acids is 2. The molecule has 45 heavy (non-hydrogen) atoms. The first-order valence-corrected chi connectivity index (χ1v) is 14.0. The fourth-order valence-corrected chi connectivity index (χ4v) is 5.54. The average molecular weight is 649 g/mol. The van der Waals surface area contributed by atoms with Gasteiger partial charge in [-0.25, -0.2) is 9.97 Å². The van der Waals surface area contributed by atoms with Crippen molar-refractivity contribution in [2.75, 3.05) is 38.0 Å². The third kappa shape index (κ3) is 6.69. The van der Waals surface area contributed by atoms with E-state index < -0.39 is 11.9 Å². The summed E-state index contributed by atoms with van der Waals surface area (Å²) in [7, 11) is 0. The Morgan fingerprint density at radius 3 is 2.49 bits per heavy atom. The van der Waals surface area contributed by atoms with Crippen molar-refractivity contribution in [3.05, 3.63) is 59.3 Å².